The minimum absolute atomic E-state index is 0.207. The molecule has 0 saturated carbocycles. The number of imide groups is 1. The summed E-state index contributed by atoms with van der Waals surface area (Å²) in [5.41, 5.74) is 0. The number of piperidine rings is 1. The first kappa shape index (κ1) is 11.6. The zero-order valence-corrected chi connectivity index (χ0v) is 8.19. The number of nitrogens with one attached hydrogen (secondary N) is 2. The van der Waals surface area contributed by atoms with Gasteiger partial charge in [0.1, 0.15) is 0 Å². The first-order valence-electron chi connectivity index (χ1n) is 4.76. The molecule has 0 aliphatic carbocycles. The quantitative estimate of drug-likeness (QED) is 0.460. The number of amides is 2. The Kier molecular flexibility index (Phi) is 4.17. The van der Waals surface area contributed by atoms with Gasteiger partial charge in [-0.25, -0.2) is 0 Å². The molecule has 84 valence electrons. The largest absolute Gasteiger partial charge is 0.317 e. The van der Waals surface area contributed by atoms with Gasteiger partial charge in [-0.15, -0.1) is 0 Å². The van der Waals surface area contributed by atoms with Crippen molar-refractivity contribution in [3.63, 3.8) is 0 Å². The third-order valence-corrected chi connectivity index (χ3v) is 2.25. The summed E-state index contributed by atoms with van der Waals surface area (Å²) in [4.78, 5) is 31.6. The van der Waals surface area contributed by atoms with Crippen LogP contribution in [0.5, 0.6) is 0 Å². The molecule has 2 amide bonds. The molecule has 0 atom stereocenters. The van der Waals surface area contributed by atoms with Crippen molar-refractivity contribution in [3.8, 4) is 0 Å². The van der Waals surface area contributed by atoms with Crippen molar-refractivity contribution in [2.24, 2.45) is 5.92 Å². The van der Waals surface area contributed by atoms with Crippen LogP contribution in [0, 0.1) is 16.0 Å². The minimum atomic E-state index is -0.850. The molecule has 0 aromatic carbocycles. The third kappa shape index (κ3) is 4.03. The van der Waals surface area contributed by atoms with Crippen molar-refractivity contribution in [3.05, 3.63) is 10.1 Å². The molecule has 1 rings (SSSR count). The second-order valence-electron chi connectivity index (χ2n) is 3.43. The Morgan fingerprint density at radius 2 is 2.00 bits per heavy atom. The Morgan fingerprint density at radius 3 is 2.53 bits per heavy atom. The van der Waals surface area contributed by atoms with Crippen LogP contribution in [0.1, 0.15) is 12.8 Å². The standard InChI is InChI=1S/C8H13N3O4/c12-7(5-11(14)15)10-8(13)6-1-3-9-4-2-6/h6,9H,1-5H2,(H,10,12,13). The van der Waals surface area contributed by atoms with E-state index in [0.29, 0.717) is 12.8 Å². The smallest absolute Gasteiger partial charge is 0.298 e. The number of hydrogen-bond donors (Lipinski definition) is 2. The molecule has 7 heteroatoms. The minimum Gasteiger partial charge on any atom is -0.317 e. The van der Waals surface area contributed by atoms with Crippen LogP contribution in [0.2, 0.25) is 0 Å². The Morgan fingerprint density at radius 1 is 1.40 bits per heavy atom. The fraction of sp³-hybridized carbons (Fsp3) is 0.750. The van der Waals surface area contributed by atoms with Crippen molar-refractivity contribution in [1.82, 2.24) is 10.6 Å². The molecule has 1 heterocycles. The highest BCUT2D eigenvalue weighted by Gasteiger charge is 2.23. The average Bonchev–Trinajstić information content (AvgIpc) is 2.17. The number of carbonyl (C=O) groups excluding carboxylic acids is 2. The van der Waals surface area contributed by atoms with Crippen molar-refractivity contribution >= 4 is 11.8 Å². The van der Waals surface area contributed by atoms with Gasteiger partial charge in [0.2, 0.25) is 5.91 Å². The molecule has 2 N–H and O–H groups in total. The van der Waals surface area contributed by atoms with E-state index in [1.165, 1.54) is 0 Å². The number of carbonyl (C=O) groups is 2. The maximum absolute atomic E-state index is 11.4. The maximum Gasteiger partial charge on any atom is 0.298 e. The lowest BCUT2D eigenvalue weighted by molar-refractivity contribution is -0.467. The highest BCUT2D eigenvalue weighted by Crippen LogP contribution is 2.10. The highest BCUT2D eigenvalue weighted by atomic mass is 16.6. The van der Waals surface area contributed by atoms with Crippen LogP contribution in [0.25, 0.3) is 0 Å². The molecule has 7 nitrogen and oxygen atoms in total. The summed E-state index contributed by atoms with van der Waals surface area (Å²) in [5, 5.41) is 15.1. The molecule has 0 radical (unpaired) electrons. The second-order valence-corrected chi connectivity index (χ2v) is 3.43. The van der Waals surface area contributed by atoms with Gasteiger partial charge in [-0.3, -0.25) is 25.0 Å². The van der Waals surface area contributed by atoms with Gasteiger partial charge in [-0.2, -0.15) is 0 Å². The van der Waals surface area contributed by atoms with E-state index >= 15 is 0 Å². The monoisotopic (exact) mass is 215 g/mol. The van der Waals surface area contributed by atoms with Crippen molar-refractivity contribution < 1.29 is 14.5 Å². The zero-order valence-electron chi connectivity index (χ0n) is 8.19. The van der Waals surface area contributed by atoms with E-state index in [-0.39, 0.29) is 5.92 Å². The van der Waals surface area contributed by atoms with E-state index in [0.717, 1.165) is 13.1 Å². The van der Waals surface area contributed by atoms with Crippen molar-refractivity contribution in [2.45, 2.75) is 12.8 Å². The van der Waals surface area contributed by atoms with Gasteiger partial charge in [0.05, 0.1) is 0 Å². The molecular formula is C8H13N3O4. The summed E-state index contributed by atoms with van der Waals surface area (Å²) in [5.74, 6) is -1.45. The van der Waals surface area contributed by atoms with Crippen LogP contribution >= 0.6 is 0 Å². The van der Waals surface area contributed by atoms with E-state index < -0.39 is 23.3 Å². The number of nitro groups is 1. The SMILES string of the molecule is O=C(C[N+](=O)[O-])NC(=O)C1CCNCC1. The Bertz CT molecular complexity index is 273. The lowest BCUT2D eigenvalue weighted by Crippen LogP contribution is -2.42. The van der Waals surface area contributed by atoms with Crippen LogP contribution in [-0.2, 0) is 9.59 Å². The predicted molar refractivity (Wildman–Crippen MR) is 50.6 cm³/mol. The van der Waals surface area contributed by atoms with Crippen LogP contribution in [0.3, 0.4) is 0 Å². The average molecular weight is 215 g/mol. The lowest BCUT2D eigenvalue weighted by Gasteiger charge is -2.20. The van der Waals surface area contributed by atoms with Gasteiger partial charge in [0.25, 0.3) is 12.5 Å². The summed E-state index contributed by atoms with van der Waals surface area (Å²) in [6.45, 7) is 0.625. The molecule has 0 aromatic rings. The first-order chi connectivity index (χ1) is 7.09. The predicted octanol–water partition coefficient (Wildman–Crippen LogP) is -1.09. The van der Waals surface area contributed by atoms with Crippen LogP contribution in [0.4, 0.5) is 0 Å². The van der Waals surface area contributed by atoms with Gasteiger partial charge in [0, 0.05) is 10.8 Å². The Labute approximate surface area is 86.4 Å². The van der Waals surface area contributed by atoms with Crippen LogP contribution < -0.4 is 10.6 Å². The zero-order chi connectivity index (χ0) is 11.3. The summed E-state index contributed by atoms with van der Waals surface area (Å²) >= 11 is 0. The van der Waals surface area contributed by atoms with E-state index in [9.17, 15) is 19.7 Å². The van der Waals surface area contributed by atoms with Gasteiger partial charge in [0.15, 0.2) is 0 Å². The molecule has 1 saturated heterocycles. The molecular weight excluding hydrogens is 202 g/mol. The van der Waals surface area contributed by atoms with E-state index in [2.05, 4.69) is 5.32 Å². The fourth-order valence-electron chi connectivity index (χ4n) is 1.48. The summed E-state index contributed by atoms with van der Waals surface area (Å²) in [6, 6.07) is 0. The summed E-state index contributed by atoms with van der Waals surface area (Å²) in [6.07, 6.45) is 1.33. The summed E-state index contributed by atoms with van der Waals surface area (Å²) < 4.78 is 0. The fourth-order valence-corrected chi connectivity index (χ4v) is 1.48. The lowest BCUT2D eigenvalue weighted by atomic mass is 9.97. The number of nitrogens with zero attached hydrogens (tertiary/aromatic N) is 1. The molecule has 15 heavy (non-hydrogen) atoms. The normalized spacial score (nSPS) is 17.1. The maximum atomic E-state index is 11.4. The van der Waals surface area contributed by atoms with Gasteiger partial charge >= 0.3 is 0 Å². The molecule has 0 spiro atoms. The topological polar surface area (TPSA) is 101 Å². The first-order valence-corrected chi connectivity index (χ1v) is 4.76. The van der Waals surface area contributed by atoms with E-state index in [1.54, 1.807) is 0 Å². The molecule has 0 bridgehead atoms. The molecule has 1 aliphatic rings. The van der Waals surface area contributed by atoms with Crippen LogP contribution in [-0.4, -0.2) is 36.4 Å². The van der Waals surface area contributed by atoms with Gasteiger partial charge in [-0.1, -0.05) is 0 Å². The highest BCUT2D eigenvalue weighted by molar-refractivity contribution is 5.96. The van der Waals surface area contributed by atoms with E-state index in [1.807, 2.05) is 5.32 Å². The number of rotatable bonds is 3. The van der Waals surface area contributed by atoms with Gasteiger partial charge < -0.3 is 5.32 Å². The molecule has 0 unspecified atom stereocenters. The van der Waals surface area contributed by atoms with Gasteiger partial charge in [-0.05, 0) is 25.9 Å². The van der Waals surface area contributed by atoms with Crippen molar-refractivity contribution in [1.29, 1.82) is 0 Å². The molecule has 1 fully saturated rings. The molecule has 1 aliphatic heterocycles. The Hall–Kier alpha value is -1.50. The number of hydrogen-bond acceptors (Lipinski definition) is 5. The van der Waals surface area contributed by atoms with Crippen LogP contribution in [0.15, 0.2) is 0 Å². The Balaban J connectivity index is 2.33. The van der Waals surface area contributed by atoms with Crippen molar-refractivity contribution in [2.75, 3.05) is 19.6 Å². The van der Waals surface area contributed by atoms with E-state index in [4.69, 9.17) is 0 Å². The third-order valence-electron chi connectivity index (χ3n) is 2.25. The molecule has 0 aromatic heterocycles. The summed E-state index contributed by atoms with van der Waals surface area (Å²) in [7, 11) is 0. The second kappa shape index (κ2) is 5.40.